The fraction of sp³-hybridized carbons (Fsp3) is 0.588. The molecule has 4 unspecified atom stereocenters. The average molecular weight is 359 g/mol. The van der Waals surface area contributed by atoms with E-state index in [0.717, 1.165) is 31.2 Å². The van der Waals surface area contributed by atoms with Gasteiger partial charge in [-0.05, 0) is 24.8 Å². The fourth-order valence-electron chi connectivity index (χ4n) is 3.05. The lowest BCUT2D eigenvalue weighted by atomic mass is 9.94. The summed E-state index contributed by atoms with van der Waals surface area (Å²) in [5.74, 6) is 0.689. The van der Waals surface area contributed by atoms with Crippen LogP contribution < -0.4 is 11.1 Å². The molecule has 1 aliphatic carbocycles. The first-order valence-electron chi connectivity index (χ1n) is 8.07. The number of nitrogens with two attached hydrogens (primary N) is 1. The maximum absolute atomic E-state index is 12.2. The van der Waals surface area contributed by atoms with Crippen molar-refractivity contribution in [2.45, 2.75) is 56.4 Å². The van der Waals surface area contributed by atoms with Gasteiger partial charge in [-0.15, -0.1) is 12.4 Å². The average Bonchev–Trinajstić information content (AvgIpc) is 2.55. The van der Waals surface area contributed by atoms with Crippen molar-refractivity contribution in [1.82, 2.24) is 5.32 Å². The van der Waals surface area contributed by atoms with Crippen LogP contribution in [0.3, 0.4) is 0 Å². The van der Waals surface area contributed by atoms with Gasteiger partial charge in [-0.3, -0.25) is 9.00 Å². The van der Waals surface area contributed by atoms with Crippen molar-refractivity contribution in [2.24, 2.45) is 5.73 Å². The zero-order valence-corrected chi connectivity index (χ0v) is 15.2. The molecular weight excluding hydrogens is 332 g/mol. The summed E-state index contributed by atoms with van der Waals surface area (Å²) in [6, 6.07) is 9.55. The first kappa shape index (κ1) is 20.1. The second-order valence-corrected chi connectivity index (χ2v) is 7.95. The van der Waals surface area contributed by atoms with Crippen LogP contribution in [-0.4, -0.2) is 27.2 Å². The monoisotopic (exact) mass is 358 g/mol. The topological polar surface area (TPSA) is 72.2 Å². The van der Waals surface area contributed by atoms with Crippen LogP contribution in [0.4, 0.5) is 0 Å². The molecule has 2 rings (SSSR count). The van der Waals surface area contributed by atoms with E-state index in [1.165, 1.54) is 0 Å². The minimum absolute atomic E-state index is 0. The molecule has 0 radical (unpaired) electrons. The number of rotatable bonds is 6. The Morgan fingerprint density at radius 1 is 1.35 bits per heavy atom. The van der Waals surface area contributed by atoms with Gasteiger partial charge in [0.15, 0.2) is 0 Å². The zero-order valence-electron chi connectivity index (χ0n) is 13.6. The highest BCUT2D eigenvalue weighted by Crippen LogP contribution is 2.23. The Balaban J connectivity index is 0.00000264. The Morgan fingerprint density at radius 2 is 2.04 bits per heavy atom. The number of amides is 1. The summed E-state index contributed by atoms with van der Waals surface area (Å²) in [5.41, 5.74) is 7.07. The number of benzene rings is 1. The van der Waals surface area contributed by atoms with E-state index in [0.29, 0.717) is 12.2 Å². The highest BCUT2D eigenvalue weighted by Gasteiger charge is 2.26. The van der Waals surface area contributed by atoms with Gasteiger partial charge in [0.25, 0.3) is 0 Å². The van der Waals surface area contributed by atoms with E-state index in [9.17, 15) is 9.00 Å². The molecule has 4 nitrogen and oxygen atoms in total. The molecule has 1 amide bonds. The predicted molar refractivity (Wildman–Crippen MR) is 98.1 cm³/mol. The van der Waals surface area contributed by atoms with Crippen molar-refractivity contribution in [3.63, 3.8) is 0 Å². The summed E-state index contributed by atoms with van der Waals surface area (Å²) in [4.78, 5) is 12.2. The molecule has 1 aromatic carbocycles. The molecule has 1 aliphatic rings. The number of nitrogens with one attached hydrogen (secondary N) is 1. The minimum Gasteiger partial charge on any atom is -0.353 e. The van der Waals surface area contributed by atoms with Crippen LogP contribution in [0.25, 0.3) is 0 Å². The molecule has 3 N–H and O–H groups in total. The zero-order chi connectivity index (χ0) is 15.9. The molecule has 1 saturated carbocycles. The summed E-state index contributed by atoms with van der Waals surface area (Å²) in [5, 5.41) is 3.30. The van der Waals surface area contributed by atoms with E-state index in [1.54, 1.807) is 0 Å². The van der Waals surface area contributed by atoms with Gasteiger partial charge in [-0.1, -0.05) is 43.7 Å². The van der Waals surface area contributed by atoms with Gasteiger partial charge >= 0.3 is 0 Å². The Morgan fingerprint density at radius 3 is 2.70 bits per heavy atom. The van der Waals surface area contributed by atoms with E-state index in [2.05, 4.69) is 5.32 Å². The van der Waals surface area contributed by atoms with Gasteiger partial charge in [0.1, 0.15) is 0 Å². The second-order valence-electron chi connectivity index (χ2n) is 5.94. The lowest BCUT2D eigenvalue weighted by Gasteiger charge is -2.29. The van der Waals surface area contributed by atoms with Crippen molar-refractivity contribution in [3.05, 3.63) is 35.9 Å². The molecule has 23 heavy (non-hydrogen) atoms. The summed E-state index contributed by atoms with van der Waals surface area (Å²) >= 11 is 0. The van der Waals surface area contributed by atoms with E-state index in [1.807, 2.05) is 37.3 Å². The van der Waals surface area contributed by atoms with Crippen LogP contribution in [0.2, 0.25) is 0 Å². The molecule has 0 aromatic heterocycles. The molecule has 1 fully saturated rings. The molecule has 0 bridgehead atoms. The predicted octanol–water partition coefficient (Wildman–Crippen LogP) is 2.69. The van der Waals surface area contributed by atoms with Crippen LogP contribution in [0.1, 0.15) is 50.6 Å². The highest BCUT2D eigenvalue weighted by atomic mass is 35.5. The normalized spacial score (nSPS) is 23.4. The first-order chi connectivity index (χ1) is 10.6. The largest absolute Gasteiger partial charge is 0.353 e. The van der Waals surface area contributed by atoms with Crippen LogP contribution in [0, 0.1) is 0 Å². The van der Waals surface area contributed by atoms with E-state index in [-0.39, 0.29) is 35.6 Å². The number of hydrogen-bond donors (Lipinski definition) is 2. The second kappa shape index (κ2) is 10.1. The molecule has 4 atom stereocenters. The molecule has 6 heteroatoms. The van der Waals surface area contributed by atoms with Crippen LogP contribution in [0.15, 0.2) is 30.3 Å². The van der Waals surface area contributed by atoms with Crippen molar-refractivity contribution in [1.29, 1.82) is 0 Å². The lowest BCUT2D eigenvalue weighted by Crippen LogP contribution is -2.41. The minimum atomic E-state index is -0.765. The molecule has 0 saturated heterocycles. The van der Waals surface area contributed by atoms with E-state index < -0.39 is 10.8 Å². The summed E-state index contributed by atoms with van der Waals surface area (Å²) in [6.45, 7) is 1.96. The number of halogens is 1. The number of hydrogen-bond acceptors (Lipinski definition) is 3. The number of carbonyl (C=O) groups is 1. The van der Waals surface area contributed by atoms with Gasteiger partial charge in [0.05, 0.1) is 0 Å². The van der Waals surface area contributed by atoms with Crippen LogP contribution >= 0.6 is 12.4 Å². The third-order valence-electron chi connectivity index (χ3n) is 4.28. The van der Waals surface area contributed by atoms with Gasteiger partial charge in [0, 0.05) is 40.3 Å². The Bertz CT molecular complexity index is 513. The smallest absolute Gasteiger partial charge is 0.222 e. The first-order valence-corrected chi connectivity index (χ1v) is 9.45. The van der Waals surface area contributed by atoms with Crippen LogP contribution in [0.5, 0.6) is 0 Å². The summed E-state index contributed by atoms with van der Waals surface area (Å²) in [7, 11) is -0.765. The number of carbonyl (C=O) groups excluding carboxylic acids is 1. The molecule has 0 spiro atoms. The molecule has 0 heterocycles. The summed E-state index contributed by atoms with van der Waals surface area (Å²) in [6.07, 6.45) is 4.14. The molecule has 130 valence electrons. The molecule has 1 aromatic rings. The van der Waals surface area contributed by atoms with Gasteiger partial charge < -0.3 is 11.1 Å². The van der Waals surface area contributed by atoms with Crippen molar-refractivity contribution >= 4 is 29.1 Å². The molecule has 0 aliphatic heterocycles. The standard InChI is InChI=1S/C17H26N2O2S.ClH/c1-2-22(21)15-10-6-9-14(11-15)19-17(20)12-16(18)13-7-4-3-5-8-13;/h3-5,7-8,14-16H,2,6,9-12,18H2,1H3,(H,19,20);1H. The third-order valence-corrected chi connectivity index (χ3v) is 6.02. The maximum Gasteiger partial charge on any atom is 0.222 e. The van der Waals surface area contributed by atoms with E-state index >= 15 is 0 Å². The summed E-state index contributed by atoms with van der Waals surface area (Å²) < 4.78 is 11.9. The van der Waals surface area contributed by atoms with Gasteiger partial charge in [0.2, 0.25) is 5.91 Å². The van der Waals surface area contributed by atoms with Crippen molar-refractivity contribution in [3.8, 4) is 0 Å². The van der Waals surface area contributed by atoms with Gasteiger partial charge in [-0.25, -0.2) is 0 Å². The molecular formula is C17H27ClN2O2S. The van der Waals surface area contributed by atoms with E-state index in [4.69, 9.17) is 5.73 Å². The van der Waals surface area contributed by atoms with Gasteiger partial charge in [-0.2, -0.15) is 0 Å². The third kappa shape index (κ3) is 6.24. The fourth-order valence-corrected chi connectivity index (χ4v) is 4.40. The lowest BCUT2D eigenvalue weighted by molar-refractivity contribution is -0.122. The quantitative estimate of drug-likeness (QED) is 0.821. The Kier molecular flexibility index (Phi) is 8.81. The Labute approximate surface area is 147 Å². The van der Waals surface area contributed by atoms with Crippen molar-refractivity contribution < 1.29 is 9.00 Å². The van der Waals surface area contributed by atoms with Crippen LogP contribution in [-0.2, 0) is 15.6 Å². The highest BCUT2D eigenvalue weighted by molar-refractivity contribution is 7.85. The van der Waals surface area contributed by atoms with Crippen molar-refractivity contribution in [2.75, 3.05) is 5.75 Å². The maximum atomic E-state index is 12.2. The SMILES string of the molecule is CCS(=O)C1CCCC(NC(=O)CC(N)c2ccccc2)C1.Cl. The Hall–Kier alpha value is -0.910.